The van der Waals surface area contributed by atoms with E-state index >= 15 is 0 Å². The van der Waals surface area contributed by atoms with Crippen LogP contribution in [0.2, 0.25) is 0 Å². The van der Waals surface area contributed by atoms with Gasteiger partial charge in [-0.05, 0) is 57.3 Å². The second kappa shape index (κ2) is 5.79. The highest BCUT2D eigenvalue weighted by molar-refractivity contribution is 5.75. The zero-order valence-corrected chi connectivity index (χ0v) is 14.9. The minimum absolute atomic E-state index is 0.151. The molecule has 128 valence electrons. The lowest BCUT2D eigenvalue weighted by Gasteiger charge is -2.64. The topological polar surface area (TPSA) is 55.8 Å². The summed E-state index contributed by atoms with van der Waals surface area (Å²) in [7, 11) is 0. The van der Waals surface area contributed by atoms with E-state index in [1.807, 2.05) is 27.7 Å². The SMILES string of the molecule is CCC(C)(C)C(=O)OCCOC1C[C@@H]2C[C@@H](C2(C)C)[C@]1(C)O. The maximum Gasteiger partial charge on any atom is 0.311 e. The summed E-state index contributed by atoms with van der Waals surface area (Å²) in [5.74, 6) is 0.743. The molecule has 0 amide bonds. The van der Waals surface area contributed by atoms with Gasteiger partial charge in [0.25, 0.3) is 0 Å². The van der Waals surface area contributed by atoms with E-state index in [9.17, 15) is 9.90 Å². The summed E-state index contributed by atoms with van der Waals surface area (Å²) in [6.45, 7) is 12.7. The second-order valence-corrected chi connectivity index (χ2v) is 8.50. The zero-order valence-electron chi connectivity index (χ0n) is 14.9. The third-order valence-electron chi connectivity index (χ3n) is 6.40. The fourth-order valence-corrected chi connectivity index (χ4v) is 4.03. The third-order valence-corrected chi connectivity index (χ3v) is 6.40. The van der Waals surface area contributed by atoms with Crippen LogP contribution in [0.3, 0.4) is 0 Å². The number of ether oxygens (including phenoxy) is 2. The Balaban J connectivity index is 1.78. The van der Waals surface area contributed by atoms with E-state index in [4.69, 9.17) is 9.47 Å². The molecule has 1 N–H and O–H groups in total. The summed E-state index contributed by atoms with van der Waals surface area (Å²) >= 11 is 0. The summed E-state index contributed by atoms with van der Waals surface area (Å²) in [5, 5.41) is 10.8. The van der Waals surface area contributed by atoms with E-state index in [1.165, 1.54) is 0 Å². The van der Waals surface area contributed by atoms with Crippen molar-refractivity contribution in [3.8, 4) is 0 Å². The smallest absolute Gasteiger partial charge is 0.311 e. The monoisotopic (exact) mass is 312 g/mol. The second-order valence-electron chi connectivity index (χ2n) is 8.50. The number of fused-ring (bicyclic) bond motifs is 2. The molecular formula is C18H32O4. The van der Waals surface area contributed by atoms with Crippen molar-refractivity contribution in [1.82, 2.24) is 0 Å². The number of esters is 1. The largest absolute Gasteiger partial charge is 0.463 e. The van der Waals surface area contributed by atoms with Crippen LogP contribution in [0.15, 0.2) is 0 Å². The van der Waals surface area contributed by atoms with Crippen LogP contribution in [0.5, 0.6) is 0 Å². The standard InChI is InChI=1S/C18H32O4/c1-7-16(2,3)15(19)22-9-8-21-14-11-12-10-13(17(12,4)5)18(14,6)20/h12-14,20H,7-11H2,1-6H3/t12-,13-,14?,18-/m0/s1. The highest BCUT2D eigenvalue weighted by Gasteiger charge is 2.63. The average molecular weight is 312 g/mol. The number of carbonyl (C=O) groups is 1. The molecule has 0 aromatic heterocycles. The first-order valence-electron chi connectivity index (χ1n) is 8.54. The van der Waals surface area contributed by atoms with Crippen LogP contribution in [-0.2, 0) is 14.3 Å². The fraction of sp³-hybridized carbons (Fsp3) is 0.944. The van der Waals surface area contributed by atoms with Crippen LogP contribution in [0, 0.1) is 22.7 Å². The first-order chi connectivity index (χ1) is 10.0. The first-order valence-corrected chi connectivity index (χ1v) is 8.54. The van der Waals surface area contributed by atoms with Gasteiger partial charge in [-0.3, -0.25) is 4.79 Å². The van der Waals surface area contributed by atoms with Crippen LogP contribution in [0.25, 0.3) is 0 Å². The Morgan fingerprint density at radius 2 is 1.86 bits per heavy atom. The lowest BCUT2D eigenvalue weighted by Crippen LogP contribution is -2.67. The fourth-order valence-electron chi connectivity index (χ4n) is 4.03. The normalized spacial score (nSPS) is 36.6. The molecule has 3 aliphatic rings. The van der Waals surface area contributed by atoms with Crippen molar-refractivity contribution in [1.29, 1.82) is 0 Å². The van der Waals surface area contributed by atoms with E-state index in [-0.39, 0.29) is 24.1 Å². The number of hydrogen-bond acceptors (Lipinski definition) is 4. The Hall–Kier alpha value is -0.610. The van der Waals surface area contributed by atoms with Gasteiger partial charge in [0.1, 0.15) is 6.61 Å². The van der Waals surface area contributed by atoms with Crippen LogP contribution in [-0.4, -0.2) is 36.0 Å². The van der Waals surface area contributed by atoms with Crippen molar-refractivity contribution >= 4 is 5.97 Å². The lowest BCUT2D eigenvalue weighted by molar-refractivity contribution is -0.258. The molecule has 0 aliphatic heterocycles. The number of rotatable bonds is 6. The van der Waals surface area contributed by atoms with Gasteiger partial charge in [-0.2, -0.15) is 0 Å². The molecule has 4 nitrogen and oxygen atoms in total. The summed E-state index contributed by atoms with van der Waals surface area (Å²) < 4.78 is 11.2. The van der Waals surface area contributed by atoms with Gasteiger partial charge in [-0.1, -0.05) is 20.8 Å². The van der Waals surface area contributed by atoms with Crippen molar-refractivity contribution in [2.45, 2.75) is 72.5 Å². The predicted octanol–water partition coefficient (Wildman–Crippen LogP) is 3.17. The molecule has 3 aliphatic carbocycles. The Labute approximate surface area is 134 Å². The Bertz CT molecular complexity index is 425. The molecule has 0 saturated heterocycles. The molecule has 22 heavy (non-hydrogen) atoms. The summed E-state index contributed by atoms with van der Waals surface area (Å²) in [6.07, 6.45) is 2.59. The van der Waals surface area contributed by atoms with E-state index in [0.29, 0.717) is 18.4 Å². The average Bonchev–Trinajstić information content (AvgIpc) is 2.43. The quantitative estimate of drug-likeness (QED) is 0.604. The summed E-state index contributed by atoms with van der Waals surface area (Å²) in [4.78, 5) is 11.9. The van der Waals surface area contributed by atoms with Crippen molar-refractivity contribution in [3.63, 3.8) is 0 Å². The predicted molar refractivity (Wildman–Crippen MR) is 85.4 cm³/mol. The van der Waals surface area contributed by atoms with Gasteiger partial charge in [-0.25, -0.2) is 0 Å². The van der Waals surface area contributed by atoms with E-state index in [2.05, 4.69) is 13.8 Å². The van der Waals surface area contributed by atoms with Crippen LogP contribution < -0.4 is 0 Å². The van der Waals surface area contributed by atoms with E-state index < -0.39 is 11.0 Å². The lowest BCUT2D eigenvalue weighted by atomic mass is 9.43. The molecule has 3 rings (SSSR count). The van der Waals surface area contributed by atoms with E-state index in [0.717, 1.165) is 19.3 Å². The van der Waals surface area contributed by atoms with Gasteiger partial charge in [0, 0.05) is 0 Å². The third kappa shape index (κ3) is 2.92. The Morgan fingerprint density at radius 3 is 2.36 bits per heavy atom. The molecule has 0 aromatic carbocycles. The van der Waals surface area contributed by atoms with Crippen molar-refractivity contribution in [3.05, 3.63) is 0 Å². The maximum atomic E-state index is 11.9. The Kier molecular flexibility index (Phi) is 4.67. The minimum atomic E-state index is -0.787. The minimum Gasteiger partial charge on any atom is -0.463 e. The van der Waals surface area contributed by atoms with Gasteiger partial charge in [0.2, 0.25) is 0 Å². The molecular weight excluding hydrogens is 280 g/mol. The highest BCUT2D eigenvalue weighted by Crippen LogP contribution is 2.63. The zero-order chi connectivity index (χ0) is 16.8. The molecule has 1 unspecified atom stereocenters. The first kappa shape index (κ1) is 17.7. The molecule has 4 atom stereocenters. The molecule has 3 saturated carbocycles. The van der Waals surface area contributed by atoms with Crippen LogP contribution in [0.1, 0.15) is 60.8 Å². The van der Waals surface area contributed by atoms with Crippen molar-refractivity contribution in [2.75, 3.05) is 13.2 Å². The number of carbonyl (C=O) groups excluding carboxylic acids is 1. The molecule has 0 aromatic rings. The van der Waals surface area contributed by atoms with Crippen LogP contribution in [0.4, 0.5) is 0 Å². The molecule has 0 heterocycles. The summed E-state index contributed by atoms with van der Waals surface area (Å²) in [6, 6.07) is 0. The maximum absolute atomic E-state index is 11.9. The van der Waals surface area contributed by atoms with E-state index in [1.54, 1.807) is 0 Å². The van der Waals surface area contributed by atoms with Gasteiger partial charge in [-0.15, -0.1) is 0 Å². The molecule has 2 bridgehead atoms. The van der Waals surface area contributed by atoms with Gasteiger partial charge in [0.15, 0.2) is 0 Å². The highest BCUT2D eigenvalue weighted by atomic mass is 16.6. The molecule has 4 heteroatoms. The van der Waals surface area contributed by atoms with Crippen molar-refractivity contribution < 1.29 is 19.4 Å². The van der Waals surface area contributed by atoms with Gasteiger partial charge in [0.05, 0.1) is 23.7 Å². The summed E-state index contributed by atoms with van der Waals surface area (Å²) in [5.41, 5.74) is -1.02. The number of hydrogen-bond donors (Lipinski definition) is 1. The Morgan fingerprint density at radius 1 is 1.23 bits per heavy atom. The van der Waals surface area contributed by atoms with Crippen molar-refractivity contribution in [2.24, 2.45) is 22.7 Å². The van der Waals surface area contributed by atoms with Gasteiger partial charge >= 0.3 is 5.97 Å². The molecule has 3 fully saturated rings. The van der Waals surface area contributed by atoms with Crippen LogP contribution >= 0.6 is 0 Å². The number of aliphatic hydroxyl groups is 1. The molecule has 0 radical (unpaired) electrons. The molecule has 0 spiro atoms. The van der Waals surface area contributed by atoms with Gasteiger partial charge < -0.3 is 14.6 Å².